The molecular formula is C10H12O. The van der Waals surface area contributed by atoms with Gasteiger partial charge in [0.05, 0.1) is 0 Å². The SMILES string of the molecule is CC(=O)C1=CC=CC=CC1C. The minimum atomic E-state index is 0.161. The van der Waals surface area contributed by atoms with Gasteiger partial charge in [-0.1, -0.05) is 37.3 Å². The Kier molecular flexibility index (Phi) is 2.42. The summed E-state index contributed by atoms with van der Waals surface area (Å²) in [4.78, 5) is 11.0. The van der Waals surface area contributed by atoms with Gasteiger partial charge in [-0.2, -0.15) is 0 Å². The van der Waals surface area contributed by atoms with Crippen LogP contribution in [0.1, 0.15) is 13.8 Å². The highest BCUT2D eigenvalue weighted by atomic mass is 16.1. The van der Waals surface area contributed by atoms with Crippen LogP contribution in [0.25, 0.3) is 0 Å². The van der Waals surface area contributed by atoms with Crippen molar-refractivity contribution in [3.8, 4) is 0 Å². The van der Waals surface area contributed by atoms with E-state index < -0.39 is 0 Å². The van der Waals surface area contributed by atoms with Gasteiger partial charge in [0.15, 0.2) is 5.78 Å². The Hall–Kier alpha value is -1.11. The zero-order valence-corrected chi connectivity index (χ0v) is 6.87. The molecule has 0 saturated carbocycles. The molecule has 11 heavy (non-hydrogen) atoms. The Balaban J connectivity index is 2.92. The van der Waals surface area contributed by atoms with Crippen LogP contribution in [0.3, 0.4) is 0 Å². The van der Waals surface area contributed by atoms with Gasteiger partial charge in [0, 0.05) is 11.5 Å². The van der Waals surface area contributed by atoms with Crippen LogP contribution >= 0.6 is 0 Å². The summed E-state index contributed by atoms with van der Waals surface area (Å²) >= 11 is 0. The topological polar surface area (TPSA) is 17.1 Å². The normalized spacial score (nSPS) is 22.7. The Labute approximate surface area is 67.1 Å². The molecule has 1 rings (SSSR count). The van der Waals surface area contributed by atoms with Crippen LogP contribution in [-0.4, -0.2) is 5.78 Å². The van der Waals surface area contributed by atoms with Crippen LogP contribution in [0.15, 0.2) is 36.0 Å². The molecule has 0 heterocycles. The molecule has 0 saturated heterocycles. The molecule has 1 aliphatic rings. The monoisotopic (exact) mass is 148 g/mol. The van der Waals surface area contributed by atoms with Crippen LogP contribution in [0.5, 0.6) is 0 Å². The number of Topliss-reactive ketones (excluding diaryl/α,β-unsaturated/α-hetero) is 1. The van der Waals surface area contributed by atoms with E-state index >= 15 is 0 Å². The zero-order chi connectivity index (χ0) is 8.27. The van der Waals surface area contributed by atoms with E-state index in [2.05, 4.69) is 0 Å². The van der Waals surface area contributed by atoms with E-state index in [1.54, 1.807) is 6.92 Å². The molecule has 0 amide bonds. The number of ketones is 1. The van der Waals surface area contributed by atoms with Crippen molar-refractivity contribution in [1.82, 2.24) is 0 Å². The number of hydrogen-bond donors (Lipinski definition) is 0. The molecule has 1 aliphatic carbocycles. The first-order valence-corrected chi connectivity index (χ1v) is 3.78. The second-order valence-electron chi connectivity index (χ2n) is 2.74. The number of rotatable bonds is 1. The largest absolute Gasteiger partial charge is 0.295 e. The average Bonchev–Trinajstić information content (AvgIpc) is 2.13. The molecule has 0 aliphatic heterocycles. The van der Waals surface area contributed by atoms with Gasteiger partial charge in [0.1, 0.15) is 0 Å². The molecule has 0 aromatic heterocycles. The highest BCUT2D eigenvalue weighted by Gasteiger charge is 2.09. The lowest BCUT2D eigenvalue weighted by atomic mass is 9.98. The minimum absolute atomic E-state index is 0.161. The van der Waals surface area contributed by atoms with Crippen molar-refractivity contribution >= 4 is 5.78 Å². The van der Waals surface area contributed by atoms with E-state index in [4.69, 9.17) is 0 Å². The Morgan fingerprint density at radius 1 is 1.36 bits per heavy atom. The van der Waals surface area contributed by atoms with Crippen molar-refractivity contribution in [2.45, 2.75) is 13.8 Å². The molecule has 0 aromatic rings. The van der Waals surface area contributed by atoms with Crippen LogP contribution in [-0.2, 0) is 4.79 Å². The second-order valence-corrected chi connectivity index (χ2v) is 2.74. The van der Waals surface area contributed by atoms with Gasteiger partial charge in [-0.05, 0) is 6.92 Å². The van der Waals surface area contributed by atoms with Gasteiger partial charge in [-0.3, -0.25) is 4.79 Å². The molecule has 0 bridgehead atoms. The summed E-state index contributed by atoms with van der Waals surface area (Å²) in [5, 5.41) is 0. The predicted octanol–water partition coefficient (Wildman–Crippen LogP) is 2.26. The summed E-state index contributed by atoms with van der Waals surface area (Å²) in [6.45, 7) is 3.63. The van der Waals surface area contributed by atoms with Gasteiger partial charge in [0.2, 0.25) is 0 Å². The zero-order valence-electron chi connectivity index (χ0n) is 6.87. The maximum atomic E-state index is 11.0. The van der Waals surface area contributed by atoms with E-state index in [1.807, 2.05) is 37.3 Å². The smallest absolute Gasteiger partial charge is 0.156 e. The quantitative estimate of drug-likeness (QED) is 0.557. The summed E-state index contributed by atoms with van der Waals surface area (Å²) in [5.41, 5.74) is 0.884. The maximum absolute atomic E-state index is 11.0. The van der Waals surface area contributed by atoms with Crippen molar-refractivity contribution in [2.75, 3.05) is 0 Å². The van der Waals surface area contributed by atoms with E-state index in [-0.39, 0.29) is 11.7 Å². The lowest BCUT2D eigenvalue weighted by molar-refractivity contribution is -0.113. The Morgan fingerprint density at radius 3 is 2.73 bits per heavy atom. The van der Waals surface area contributed by atoms with Crippen LogP contribution in [0, 0.1) is 5.92 Å². The average molecular weight is 148 g/mol. The fourth-order valence-electron chi connectivity index (χ4n) is 1.15. The summed E-state index contributed by atoms with van der Waals surface area (Å²) in [5.74, 6) is 0.413. The summed E-state index contributed by atoms with van der Waals surface area (Å²) in [6, 6.07) is 0. The molecule has 1 nitrogen and oxygen atoms in total. The second kappa shape index (κ2) is 3.33. The van der Waals surface area contributed by atoms with Crippen molar-refractivity contribution in [1.29, 1.82) is 0 Å². The standard InChI is InChI=1S/C10H12O/c1-8-6-4-3-5-7-10(8)9(2)11/h3-8H,1-2H3. The van der Waals surface area contributed by atoms with Crippen LogP contribution < -0.4 is 0 Å². The molecule has 58 valence electrons. The van der Waals surface area contributed by atoms with Gasteiger partial charge < -0.3 is 0 Å². The molecule has 0 spiro atoms. The molecule has 0 N–H and O–H groups in total. The van der Waals surface area contributed by atoms with E-state index in [0.29, 0.717) is 0 Å². The Morgan fingerprint density at radius 2 is 2.09 bits per heavy atom. The van der Waals surface area contributed by atoms with Crippen molar-refractivity contribution in [3.05, 3.63) is 36.0 Å². The summed E-state index contributed by atoms with van der Waals surface area (Å²) < 4.78 is 0. The van der Waals surface area contributed by atoms with Gasteiger partial charge in [0.25, 0.3) is 0 Å². The fourth-order valence-corrected chi connectivity index (χ4v) is 1.15. The molecule has 0 fully saturated rings. The summed E-state index contributed by atoms with van der Waals surface area (Å²) in [6.07, 6.45) is 9.71. The lowest BCUT2D eigenvalue weighted by Gasteiger charge is -2.05. The van der Waals surface area contributed by atoms with Gasteiger partial charge in [-0.25, -0.2) is 0 Å². The molecule has 1 heteroatoms. The predicted molar refractivity (Wildman–Crippen MR) is 46.2 cm³/mol. The fraction of sp³-hybridized carbons (Fsp3) is 0.300. The van der Waals surface area contributed by atoms with Gasteiger partial charge in [-0.15, -0.1) is 0 Å². The third-order valence-corrected chi connectivity index (χ3v) is 1.79. The molecule has 0 radical (unpaired) electrons. The first-order valence-electron chi connectivity index (χ1n) is 3.78. The number of hydrogen-bond acceptors (Lipinski definition) is 1. The lowest BCUT2D eigenvalue weighted by Crippen LogP contribution is -2.04. The number of carbonyl (C=O) groups is 1. The number of carbonyl (C=O) groups excluding carboxylic acids is 1. The van der Waals surface area contributed by atoms with Crippen molar-refractivity contribution < 1.29 is 4.79 Å². The molecular weight excluding hydrogens is 136 g/mol. The highest BCUT2D eigenvalue weighted by Crippen LogP contribution is 2.15. The van der Waals surface area contributed by atoms with E-state index in [9.17, 15) is 4.79 Å². The summed E-state index contributed by atoms with van der Waals surface area (Å²) in [7, 11) is 0. The highest BCUT2D eigenvalue weighted by molar-refractivity contribution is 5.94. The Bertz CT molecular complexity index is 244. The minimum Gasteiger partial charge on any atom is -0.295 e. The first kappa shape index (κ1) is 7.99. The van der Waals surface area contributed by atoms with Crippen molar-refractivity contribution in [3.63, 3.8) is 0 Å². The van der Waals surface area contributed by atoms with Crippen LogP contribution in [0.2, 0.25) is 0 Å². The molecule has 1 atom stereocenters. The van der Waals surface area contributed by atoms with Crippen molar-refractivity contribution in [2.24, 2.45) is 5.92 Å². The van der Waals surface area contributed by atoms with E-state index in [0.717, 1.165) is 5.57 Å². The molecule has 0 aromatic carbocycles. The first-order chi connectivity index (χ1) is 5.22. The third kappa shape index (κ3) is 1.90. The van der Waals surface area contributed by atoms with E-state index in [1.165, 1.54) is 0 Å². The van der Waals surface area contributed by atoms with Crippen LogP contribution in [0.4, 0.5) is 0 Å². The van der Waals surface area contributed by atoms with Gasteiger partial charge >= 0.3 is 0 Å². The third-order valence-electron chi connectivity index (χ3n) is 1.79. The number of allylic oxidation sites excluding steroid dienone is 6. The maximum Gasteiger partial charge on any atom is 0.156 e. The molecule has 1 unspecified atom stereocenters.